The monoisotopic (exact) mass is 265 g/mol. The van der Waals surface area contributed by atoms with Crippen LogP contribution in [0.15, 0.2) is 36.4 Å². The van der Waals surface area contributed by atoms with Crippen LogP contribution in [0.2, 0.25) is 0 Å². The average molecular weight is 265 g/mol. The van der Waals surface area contributed by atoms with Crippen molar-refractivity contribution in [2.75, 3.05) is 6.54 Å². The van der Waals surface area contributed by atoms with Gasteiger partial charge in [-0.05, 0) is 22.8 Å². The second-order valence-electron chi connectivity index (χ2n) is 4.14. The summed E-state index contributed by atoms with van der Waals surface area (Å²) in [6.07, 6.45) is -3.48. The summed E-state index contributed by atoms with van der Waals surface area (Å²) >= 11 is 0. The fraction of sp³-hybridized carbons (Fsp3) is 0.214. The molecule has 0 saturated carbocycles. The van der Waals surface area contributed by atoms with E-state index in [9.17, 15) is 13.6 Å². The van der Waals surface area contributed by atoms with Gasteiger partial charge in [0.1, 0.15) is 0 Å². The summed E-state index contributed by atoms with van der Waals surface area (Å²) in [5, 5.41) is 12.3. The number of hydrogen-bond acceptors (Lipinski definition) is 1. The van der Waals surface area contributed by atoms with Crippen LogP contribution >= 0.6 is 0 Å². The van der Waals surface area contributed by atoms with Crippen LogP contribution in [0, 0.1) is 0 Å². The first-order valence-electron chi connectivity index (χ1n) is 5.85. The smallest absolute Gasteiger partial charge is 0.404 e. The Morgan fingerprint density at radius 1 is 1.21 bits per heavy atom. The number of carbonyl (C=O) groups is 1. The van der Waals surface area contributed by atoms with Crippen molar-refractivity contribution in [3.8, 4) is 0 Å². The molecular formula is C14H13F2NO2. The second kappa shape index (κ2) is 5.65. The first kappa shape index (κ1) is 13.3. The number of fused-ring (bicyclic) bond motifs is 1. The van der Waals surface area contributed by atoms with Gasteiger partial charge in [-0.2, -0.15) is 0 Å². The maximum atomic E-state index is 13.0. The lowest BCUT2D eigenvalue weighted by Crippen LogP contribution is -2.23. The highest BCUT2D eigenvalue weighted by Crippen LogP contribution is 2.29. The molecule has 0 aliphatic carbocycles. The molecule has 0 heterocycles. The van der Waals surface area contributed by atoms with Gasteiger partial charge >= 0.3 is 6.09 Å². The van der Waals surface area contributed by atoms with Gasteiger partial charge in [0.2, 0.25) is 0 Å². The molecule has 0 fully saturated rings. The number of alkyl halides is 2. The third-order valence-electron chi connectivity index (χ3n) is 2.96. The van der Waals surface area contributed by atoms with Crippen LogP contribution in [-0.4, -0.2) is 17.7 Å². The van der Waals surface area contributed by atoms with Gasteiger partial charge in [0.25, 0.3) is 6.43 Å². The number of rotatable bonds is 4. The van der Waals surface area contributed by atoms with Crippen LogP contribution < -0.4 is 5.32 Å². The molecule has 0 unspecified atom stereocenters. The number of amides is 1. The van der Waals surface area contributed by atoms with Crippen molar-refractivity contribution in [3.05, 3.63) is 47.5 Å². The van der Waals surface area contributed by atoms with E-state index in [1.165, 1.54) is 6.07 Å². The van der Waals surface area contributed by atoms with Gasteiger partial charge in [-0.25, -0.2) is 13.6 Å². The van der Waals surface area contributed by atoms with Gasteiger partial charge in [0, 0.05) is 12.1 Å². The van der Waals surface area contributed by atoms with Crippen LogP contribution in [0.4, 0.5) is 13.6 Å². The minimum Gasteiger partial charge on any atom is -0.465 e. The summed E-state index contributed by atoms with van der Waals surface area (Å²) in [5.41, 5.74) is 0.465. The fourth-order valence-corrected chi connectivity index (χ4v) is 2.13. The van der Waals surface area contributed by atoms with E-state index in [1.54, 1.807) is 18.2 Å². The Morgan fingerprint density at radius 3 is 2.63 bits per heavy atom. The van der Waals surface area contributed by atoms with Gasteiger partial charge in [-0.1, -0.05) is 36.4 Å². The molecule has 0 atom stereocenters. The van der Waals surface area contributed by atoms with E-state index in [0.29, 0.717) is 5.56 Å². The van der Waals surface area contributed by atoms with Crippen molar-refractivity contribution < 1.29 is 18.7 Å². The van der Waals surface area contributed by atoms with Crippen LogP contribution in [0.3, 0.4) is 0 Å². The maximum Gasteiger partial charge on any atom is 0.404 e. The normalized spacial score (nSPS) is 10.9. The Morgan fingerprint density at radius 2 is 1.95 bits per heavy atom. The second-order valence-corrected chi connectivity index (χ2v) is 4.14. The molecule has 100 valence electrons. The zero-order chi connectivity index (χ0) is 13.8. The number of halogens is 2. The highest BCUT2D eigenvalue weighted by molar-refractivity contribution is 5.87. The van der Waals surface area contributed by atoms with E-state index < -0.39 is 12.5 Å². The van der Waals surface area contributed by atoms with Crippen LogP contribution in [-0.2, 0) is 6.42 Å². The summed E-state index contributed by atoms with van der Waals surface area (Å²) in [4.78, 5) is 10.4. The van der Waals surface area contributed by atoms with Crippen molar-refractivity contribution in [3.63, 3.8) is 0 Å². The van der Waals surface area contributed by atoms with Crippen molar-refractivity contribution >= 4 is 16.9 Å². The van der Waals surface area contributed by atoms with E-state index in [-0.39, 0.29) is 18.5 Å². The van der Waals surface area contributed by atoms with Crippen molar-refractivity contribution in [2.45, 2.75) is 12.8 Å². The van der Waals surface area contributed by atoms with Gasteiger partial charge in [0.05, 0.1) is 0 Å². The molecule has 2 aromatic carbocycles. The molecule has 0 aliphatic heterocycles. The SMILES string of the molecule is O=C(O)NCCc1c(C(F)F)ccc2ccccc12. The Balaban J connectivity index is 2.40. The minimum atomic E-state index is -2.57. The van der Waals surface area contributed by atoms with E-state index in [2.05, 4.69) is 5.32 Å². The summed E-state index contributed by atoms with van der Waals surface area (Å²) in [6, 6.07) is 10.3. The highest BCUT2D eigenvalue weighted by Gasteiger charge is 2.15. The molecule has 0 saturated heterocycles. The van der Waals surface area contributed by atoms with Crippen LogP contribution in [0.5, 0.6) is 0 Å². The molecule has 2 rings (SSSR count). The molecule has 1 amide bonds. The number of carboxylic acid groups (broad SMARTS) is 1. The topological polar surface area (TPSA) is 49.3 Å². The first-order chi connectivity index (χ1) is 9.09. The third-order valence-corrected chi connectivity index (χ3v) is 2.96. The predicted octanol–water partition coefficient (Wildman–Crippen LogP) is 3.59. The van der Waals surface area contributed by atoms with E-state index in [4.69, 9.17) is 5.11 Å². The summed E-state index contributed by atoms with van der Waals surface area (Å²) in [6.45, 7) is 0.114. The minimum absolute atomic E-state index is 0.0362. The van der Waals surface area contributed by atoms with Crippen molar-refractivity contribution in [1.82, 2.24) is 5.32 Å². The molecule has 2 N–H and O–H groups in total. The maximum absolute atomic E-state index is 13.0. The van der Waals surface area contributed by atoms with Gasteiger partial charge in [-0.15, -0.1) is 0 Å². The van der Waals surface area contributed by atoms with E-state index >= 15 is 0 Å². The zero-order valence-electron chi connectivity index (χ0n) is 10.1. The van der Waals surface area contributed by atoms with Gasteiger partial charge in [0.15, 0.2) is 0 Å². The zero-order valence-corrected chi connectivity index (χ0v) is 10.1. The van der Waals surface area contributed by atoms with E-state index in [1.807, 2.05) is 12.1 Å². The molecule has 0 bridgehead atoms. The van der Waals surface area contributed by atoms with Gasteiger partial charge < -0.3 is 10.4 Å². The number of nitrogens with one attached hydrogen (secondary N) is 1. The Bertz CT molecular complexity index is 599. The molecule has 5 heteroatoms. The summed E-state index contributed by atoms with van der Waals surface area (Å²) in [7, 11) is 0. The molecule has 3 nitrogen and oxygen atoms in total. The Labute approximate surface area is 108 Å². The first-order valence-corrected chi connectivity index (χ1v) is 5.85. The molecule has 0 spiro atoms. The molecular weight excluding hydrogens is 252 g/mol. The van der Waals surface area contributed by atoms with Crippen LogP contribution in [0.25, 0.3) is 10.8 Å². The van der Waals surface area contributed by atoms with Gasteiger partial charge in [-0.3, -0.25) is 0 Å². The molecule has 0 radical (unpaired) electrons. The lowest BCUT2D eigenvalue weighted by atomic mass is 9.96. The molecule has 2 aromatic rings. The predicted molar refractivity (Wildman–Crippen MR) is 68.6 cm³/mol. The lowest BCUT2D eigenvalue weighted by Gasteiger charge is -2.12. The van der Waals surface area contributed by atoms with Crippen molar-refractivity contribution in [1.29, 1.82) is 0 Å². The van der Waals surface area contributed by atoms with Crippen LogP contribution in [0.1, 0.15) is 17.6 Å². The quantitative estimate of drug-likeness (QED) is 0.887. The summed E-state index contributed by atoms with van der Waals surface area (Å²) in [5.74, 6) is 0. The highest BCUT2D eigenvalue weighted by atomic mass is 19.3. The molecule has 0 aromatic heterocycles. The lowest BCUT2D eigenvalue weighted by molar-refractivity contribution is 0.150. The van der Waals surface area contributed by atoms with E-state index in [0.717, 1.165) is 10.8 Å². The Kier molecular flexibility index (Phi) is 3.94. The average Bonchev–Trinajstić information content (AvgIpc) is 2.38. The Hall–Kier alpha value is -2.17. The standard InChI is InChI=1S/C14H13F2NO2/c15-13(16)12-6-5-9-3-1-2-4-10(9)11(12)7-8-17-14(18)19/h1-6,13,17H,7-8H2,(H,18,19). The third kappa shape index (κ3) is 2.99. The largest absolute Gasteiger partial charge is 0.465 e. The fourth-order valence-electron chi connectivity index (χ4n) is 2.13. The van der Waals surface area contributed by atoms with Crippen molar-refractivity contribution in [2.24, 2.45) is 0 Å². The number of benzene rings is 2. The molecule has 19 heavy (non-hydrogen) atoms. The number of hydrogen-bond donors (Lipinski definition) is 2. The molecule has 0 aliphatic rings. The summed E-state index contributed by atoms with van der Waals surface area (Å²) < 4.78 is 26.0.